The summed E-state index contributed by atoms with van der Waals surface area (Å²) in [5.41, 5.74) is 1.21. The van der Waals surface area contributed by atoms with Crippen molar-refractivity contribution in [2.45, 2.75) is 44.2 Å². The van der Waals surface area contributed by atoms with E-state index in [4.69, 9.17) is 0 Å². The maximum atomic E-state index is 4.41. The van der Waals surface area contributed by atoms with Crippen LogP contribution in [0.5, 0.6) is 0 Å². The second kappa shape index (κ2) is 5.66. The van der Waals surface area contributed by atoms with E-state index in [0.717, 1.165) is 0 Å². The minimum absolute atomic E-state index is 1.19. The highest BCUT2D eigenvalue weighted by Crippen LogP contribution is 2.29. The van der Waals surface area contributed by atoms with Crippen molar-refractivity contribution in [1.29, 1.82) is 0 Å². The van der Waals surface area contributed by atoms with E-state index in [1.165, 1.54) is 39.9 Å². The Labute approximate surface area is 89.0 Å². The number of thiazole rings is 1. The Kier molecular flexibility index (Phi) is 4.81. The van der Waals surface area contributed by atoms with Crippen LogP contribution in [0, 0.1) is 13.8 Å². The summed E-state index contributed by atoms with van der Waals surface area (Å²) in [4.78, 5) is 4.41. The normalized spacial score (nSPS) is 10.7. The molecular formula is C10H17NS2. The van der Waals surface area contributed by atoms with Crippen LogP contribution in [0.3, 0.4) is 0 Å². The highest BCUT2D eigenvalue weighted by molar-refractivity contribution is 8.01. The lowest BCUT2D eigenvalue weighted by molar-refractivity contribution is 0.778. The molecule has 0 unspecified atom stereocenters. The fourth-order valence-electron chi connectivity index (χ4n) is 1.16. The summed E-state index contributed by atoms with van der Waals surface area (Å²) in [6.07, 6.45) is 3.99. The van der Waals surface area contributed by atoms with Gasteiger partial charge < -0.3 is 0 Å². The molecule has 1 heterocycles. The molecule has 3 heteroatoms. The topological polar surface area (TPSA) is 12.9 Å². The van der Waals surface area contributed by atoms with Crippen molar-refractivity contribution in [3.63, 3.8) is 0 Å². The second-order valence-corrected chi connectivity index (χ2v) is 5.73. The first-order valence-corrected chi connectivity index (χ1v) is 6.61. The fraction of sp³-hybridized carbons (Fsp3) is 0.700. The SMILES string of the molecule is CCCCCSc1sc(C)nc1C. The van der Waals surface area contributed by atoms with Gasteiger partial charge in [-0.2, -0.15) is 0 Å². The average Bonchev–Trinajstić information content (AvgIpc) is 2.39. The van der Waals surface area contributed by atoms with Gasteiger partial charge in [0, 0.05) is 0 Å². The quantitative estimate of drug-likeness (QED) is 0.543. The number of hydrogen-bond acceptors (Lipinski definition) is 3. The van der Waals surface area contributed by atoms with Crippen molar-refractivity contribution in [1.82, 2.24) is 4.98 Å². The molecular weight excluding hydrogens is 198 g/mol. The summed E-state index contributed by atoms with van der Waals surface area (Å²) in [6.45, 7) is 6.42. The van der Waals surface area contributed by atoms with Gasteiger partial charge in [0.15, 0.2) is 0 Å². The zero-order valence-corrected chi connectivity index (χ0v) is 10.2. The van der Waals surface area contributed by atoms with Gasteiger partial charge in [-0.1, -0.05) is 19.8 Å². The van der Waals surface area contributed by atoms with Gasteiger partial charge in [0.2, 0.25) is 0 Å². The lowest BCUT2D eigenvalue weighted by atomic mass is 10.3. The molecule has 0 N–H and O–H groups in total. The van der Waals surface area contributed by atoms with Crippen LogP contribution in [0.1, 0.15) is 36.9 Å². The van der Waals surface area contributed by atoms with E-state index in [2.05, 4.69) is 25.8 Å². The first kappa shape index (κ1) is 11.1. The third-order valence-corrected chi connectivity index (χ3v) is 4.36. The largest absolute Gasteiger partial charge is 0.246 e. The summed E-state index contributed by atoms with van der Waals surface area (Å²) < 4.78 is 1.41. The summed E-state index contributed by atoms with van der Waals surface area (Å²) in [6, 6.07) is 0. The van der Waals surface area contributed by atoms with Crippen molar-refractivity contribution in [2.24, 2.45) is 0 Å². The molecule has 0 aromatic carbocycles. The molecule has 0 amide bonds. The van der Waals surface area contributed by atoms with Crippen LogP contribution in [-0.2, 0) is 0 Å². The lowest BCUT2D eigenvalue weighted by Gasteiger charge is -1.97. The smallest absolute Gasteiger partial charge is 0.0909 e. The van der Waals surface area contributed by atoms with E-state index in [1.54, 1.807) is 0 Å². The predicted molar refractivity (Wildman–Crippen MR) is 61.8 cm³/mol. The van der Waals surface area contributed by atoms with Crippen LogP contribution >= 0.6 is 23.1 Å². The molecule has 1 rings (SSSR count). The molecule has 0 fully saturated rings. The van der Waals surface area contributed by atoms with Gasteiger partial charge in [-0.05, 0) is 26.0 Å². The number of thioether (sulfide) groups is 1. The van der Waals surface area contributed by atoms with Crippen LogP contribution in [0.2, 0.25) is 0 Å². The van der Waals surface area contributed by atoms with Crippen molar-refractivity contribution >= 4 is 23.1 Å². The van der Waals surface area contributed by atoms with E-state index in [0.29, 0.717) is 0 Å². The van der Waals surface area contributed by atoms with E-state index in [1.807, 2.05) is 23.1 Å². The maximum Gasteiger partial charge on any atom is 0.0909 e. The molecule has 74 valence electrons. The zero-order chi connectivity index (χ0) is 9.68. The van der Waals surface area contributed by atoms with Gasteiger partial charge in [0.05, 0.1) is 14.9 Å². The molecule has 0 saturated heterocycles. The monoisotopic (exact) mass is 215 g/mol. The summed E-state index contributed by atoms with van der Waals surface area (Å²) in [5, 5.41) is 1.19. The van der Waals surface area contributed by atoms with Crippen LogP contribution in [0.4, 0.5) is 0 Å². The fourth-order valence-corrected chi connectivity index (χ4v) is 3.44. The average molecular weight is 215 g/mol. The van der Waals surface area contributed by atoms with Crippen molar-refractivity contribution in [3.05, 3.63) is 10.7 Å². The van der Waals surface area contributed by atoms with Gasteiger partial charge in [-0.25, -0.2) is 4.98 Å². The van der Waals surface area contributed by atoms with E-state index in [9.17, 15) is 0 Å². The van der Waals surface area contributed by atoms with Gasteiger partial charge in [-0.3, -0.25) is 0 Å². The standard InChI is InChI=1S/C10H17NS2/c1-4-5-6-7-12-10-8(2)11-9(3)13-10/h4-7H2,1-3H3. The Morgan fingerprint density at radius 1 is 1.31 bits per heavy atom. The summed E-state index contributed by atoms with van der Waals surface area (Å²) >= 11 is 3.79. The number of nitrogens with zero attached hydrogens (tertiary/aromatic N) is 1. The molecule has 0 spiro atoms. The summed E-state index contributed by atoms with van der Waals surface area (Å²) in [7, 11) is 0. The third-order valence-electron chi connectivity index (χ3n) is 1.84. The van der Waals surface area contributed by atoms with Crippen molar-refractivity contribution in [3.8, 4) is 0 Å². The van der Waals surface area contributed by atoms with Crippen molar-refractivity contribution in [2.75, 3.05) is 5.75 Å². The first-order valence-electron chi connectivity index (χ1n) is 4.81. The van der Waals surface area contributed by atoms with Crippen LogP contribution in [0.15, 0.2) is 4.21 Å². The number of aromatic nitrogens is 1. The highest BCUT2D eigenvalue weighted by Gasteiger charge is 2.03. The molecule has 0 radical (unpaired) electrons. The summed E-state index contributed by atoms with van der Waals surface area (Å²) in [5.74, 6) is 1.25. The number of unbranched alkanes of at least 4 members (excludes halogenated alkanes) is 2. The number of rotatable bonds is 5. The molecule has 0 saturated carbocycles. The molecule has 0 atom stereocenters. The zero-order valence-electron chi connectivity index (χ0n) is 8.59. The van der Waals surface area contributed by atoms with Crippen LogP contribution in [-0.4, -0.2) is 10.7 Å². The Balaban J connectivity index is 2.32. The predicted octanol–water partition coefficient (Wildman–Crippen LogP) is 4.04. The second-order valence-electron chi connectivity index (χ2n) is 3.16. The molecule has 0 aliphatic rings. The van der Waals surface area contributed by atoms with Gasteiger partial charge in [0.25, 0.3) is 0 Å². The minimum Gasteiger partial charge on any atom is -0.246 e. The third kappa shape index (κ3) is 3.69. The van der Waals surface area contributed by atoms with E-state index >= 15 is 0 Å². The first-order chi connectivity index (χ1) is 6.24. The molecule has 1 nitrogen and oxygen atoms in total. The number of aryl methyl sites for hydroxylation is 2. The maximum absolute atomic E-state index is 4.41. The van der Waals surface area contributed by atoms with Gasteiger partial charge in [0.1, 0.15) is 0 Å². The molecule has 0 aliphatic heterocycles. The van der Waals surface area contributed by atoms with Crippen LogP contribution in [0.25, 0.3) is 0 Å². The Bertz CT molecular complexity index is 255. The van der Waals surface area contributed by atoms with Gasteiger partial charge in [-0.15, -0.1) is 23.1 Å². The van der Waals surface area contributed by atoms with Crippen molar-refractivity contribution < 1.29 is 0 Å². The molecule has 0 bridgehead atoms. The molecule has 13 heavy (non-hydrogen) atoms. The van der Waals surface area contributed by atoms with Crippen LogP contribution < -0.4 is 0 Å². The Morgan fingerprint density at radius 3 is 2.62 bits per heavy atom. The van der Waals surface area contributed by atoms with E-state index in [-0.39, 0.29) is 0 Å². The molecule has 1 aromatic heterocycles. The minimum atomic E-state index is 1.19. The molecule has 1 aromatic rings. The highest BCUT2D eigenvalue weighted by atomic mass is 32.2. The van der Waals surface area contributed by atoms with E-state index < -0.39 is 0 Å². The molecule has 0 aliphatic carbocycles. The Hall–Kier alpha value is -0.0200. The Morgan fingerprint density at radius 2 is 2.08 bits per heavy atom. The lowest BCUT2D eigenvalue weighted by Crippen LogP contribution is -1.79. The van der Waals surface area contributed by atoms with Gasteiger partial charge >= 0.3 is 0 Å². The number of hydrogen-bond donors (Lipinski definition) is 0.